The van der Waals surface area contributed by atoms with E-state index in [9.17, 15) is 0 Å². The molecule has 1 unspecified atom stereocenters. The lowest BCUT2D eigenvalue weighted by Crippen LogP contribution is -2.37. The maximum atomic E-state index is 5.08. The van der Waals surface area contributed by atoms with Gasteiger partial charge in [0.25, 0.3) is 0 Å². The second kappa shape index (κ2) is 5.89. The summed E-state index contributed by atoms with van der Waals surface area (Å²) >= 11 is 5.08. The highest BCUT2D eigenvalue weighted by atomic mass is 32.1. The van der Waals surface area contributed by atoms with Crippen molar-refractivity contribution in [3.8, 4) is 0 Å². The van der Waals surface area contributed by atoms with Crippen molar-refractivity contribution in [2.75, 3.05) is 19.6 Å². The Balaban J connectivity index is 2.04. The number of hydrogen-bond donors (Lipinski definition) is 0. The minimum absolute atomic E-state index is 0.162. The second-order valence-electron chi connectivity index (χ2n) is 4.00. The molecule has 1 heterocycles. The monoisotopic (exact) mass is 247 g/mol. The molecule has 0 bridgehead atoms. The van der Waals surface area contributed by atoms with Crippen LogP contribution in [0.4, 0.5) is 0 Å². The molecule has 1 aromatic carbocycles. The minimum Gasteiger partial charge on any atom is -0.277 e. The highest BCUT2D eigenvalue weighted by Crippen LogP contribution is 2.13. The van der Waals surface area contributed by atoms with Gasteiger partial charge >= 0.3 is 0 Å². The van der Waals surface area contributed by atoms with E-state index in [1.807, 2.05) is 41.6 Å². The first kappa shape index (κ1) is 12.2. The summed E-state index contributed by atoms with van der Waals surface area (Å²) in [5.41, 5.74) is 1.12. The topological polar surface area (TPSA) is 18.8 Å². The lowest BCUT2D eigenvalue weighted by Gasteiger charge is -2.23. The van der Waals surface area contributed by atoms with Gasteiger partial charge in [-0.2, -0.15) is 5.10 Å². The number of likely N-dealkylation sites (N-methyl/N-ethyl adjacent to an activating group) is 1. The minimum atomic E-state index is 0.162. The second-order valence-corrected chi connectivity index (χ2v) is 4.27. The van der Waals surface area contributed by atoms with Crippen LogP contribution in [0, 0.1) is 0 Å². The normalized spacial score (nSPS) is 21.2. The highest BCUT2D eigenvalue weighted by molar-refractivity contribution is 7.79. The van der Waals surface area contributed by atoms with Crippen molar-refractivity contribution in [3.63, 3.8) is 0 Å². The summed E-state index contributed by atoms with van der Waals surface area (Å²) in [7, 11) is 0. The van der Waals surface area contributed by atoms with Crippen LogP contribution in [0.15, 0.2) is 35.4 Å². The third kappa shape index (κ3) is 2.90. The molecule has 0 aliphatic carbocycles. The predicted octanol–water partition coefficient (Wildman–Crippen LogP) is 1.98. The van der Waals surface area contributed by atoms with Crippen LogP contribution in [0.25, 0.3) is 0 Å². The number of thiocarbonyl (C=S) groups is 1. The summed E-state index contributed by atoms with van der Waals surface area (Å²) in [5, 5.41) is 8.35. The zero-order valence-corrected chi connectivity index (χ0v) is 10.8. The van der Waals surface area contributed by atoms with E-state index < -0.39 is 0 Å². The Morgan fingerprint density at radius 3 is 2.76 bits per heavy atom. The molecule has 0 saturated carbocycles. The molecule has 1 aromatic rings. The molecule has 0 spiro atoms. The largest absolute Gasteiger partial charge is 0.277 e. The third-order valence-electron chi connectivity index (χ3n) is 2.98. The lowest BCUT2D eigenvalue weighted by atomic mass is 10.2. The van der Waals surface area contributed by atoms with Crippen molar-refractivity contribution < 1.29 is 0 Å². The van der Waals surface area contributed by atoms with Crippen LogP contribution < -0.4 is 0 Å². The molecule has 90 valence electrons. The quantitative estimate of drug-likeness (QED) is 0.599. The van der Waals surface area contributed by atoms with Crippen molar-refractivity contribution in [2.24, 2.45) is 5.10 Å². The molecule has 0 radical (unpaired) electrons. The van der Waals surface area contributed by atoms with Crippen LogP contribution in [0.2, 0.25) is 0 Å². The number of nitrogens with zero attached hydrogens (tertiary/aromatic N) is 3. The maximum absolute atomic E-state index is 5.08. The molecule has 17 heavy (non-hydrogen) atoms. The molecule has 0 aromatic heterocycles. The molecular formula is C13H17N3S. The number of benzene rings is 1. The van der Waals surface area contributed by atoms with Gasteiger partial charge in [-0.1, -0.05) is 49.5 Å². The molecule has 4 heteroatoms. The van der Waals surface area contributed by atoms with E-state index in [1.54, 1.807) is 5.37 Å². The van der Waals surface area contributed by atoms with Crippen LogP contribution >= 0.6 is 12.2 Å². The van der Waals surface area contributed by atoms with E-state index in [0.717, 1.165) is 25.2 Å². The molecule has 3 nitrogen and oxygen atoms in total. The molecule has 1 saturated heterocycles. The van der Waals surface area contributed by atoms with Gasteiger partial charge in [0, 0.05) is 11.9 Å². The molecule has 0 amide bonds. The molecule has 1 aliphatic heterocycles. The Morgan fingerprint density at radius 1 is 1.35 bits per heavy atom. The number of hydrazone groups is 1. The van der Waals surface area contributed by atoms with Crippen LogP contribution in [-0.2, 0) is 0 Å². The summed E-state index contributed by atoms with van der Waals surface area (Å²) in [6, 6.07) is 10.1. The van der Waals surface area contributed by atoms with Gasteiger partial charge < -0.3 is 0 Å². The molecule has 2 rings (SSSR count). The molecule has 1 fully saturated rings. The summed E-state index contributed by atoms with van der Waals surface area (Å²) in [6.07, 6.45) is 2.06. The summed E-state index contributed by atoms with van der Waals surface area (Å²) in [5.74, 6) is 0. The Hall–Kier alpha value is -1.26. The SMILES string of the molecule is CCN1CCN(N=Cc2ccccc2)C1C=S. The molecule has 0 N–H and O–H groups in total. The third-order valence-corrected chi connectivity index (χ3v) is 3.22. The van der Waals surface area contributed by atoms with Gasteiger partial charge in [0.15, 0.2) is 0 Å². The number of hydrogen-bond acceptors (Lipinski definition) is 4. The van der Waals surface area contributed by atoms with Gasteiger partial charge in [-0.25, -0.2) is 0 Å². The van der Waals surface area contributed by atoms with Gasteiger partial charge in [-0.05, 0) is 12.1 Å². The van der Waals surface area contributed by atoms with Crippen molar-refractivity contribution in [2.45, 2.75) is 13.1 Å². The Morgan fingerprint density at radius 2 is 2.12 bits per heavy atom. The van der Waals surface area contributed by atoms with Crippen LogP contribution in [0.5, 0.6) is 0 Å². The fraction of sp³-hybridized carbons (Fsp3) is 0.385. The van der Waals surface area contributed by atoms with E-state index in [1.165, 1.54) is 0 Å². The van der Waals surface area contributed by atoms with Crippen molar-refractivity contribution in [3.05, 3.63) is 35.9 Å². The van der Waals surface area contributed by atoms with Crippen LogP contribution in [0.1, 0.15) is 12.5 Å². The first-order valence-corrected chi connectivity index (χ1v) is 6.37. The van der Waals surface area contributed by atoms with Gasteiger partial charge in [-0.15, -0.1) is 0 Å². The van der Waals surface area contributed by atoms with Gasteiger partial charge in [0.05, 0.1) is 12.8 Å². The zero-order chi connectivity index (χ0) is 12.1. The smallest absolute Gasteiger partial charge is 0.128 e. The summed E-state index contributed by atoms with van der Waals surface area (Å²) in [6.45, 7) is 5.13. The van der Waals surface area contributed by atoms with Gasteiger partial charge in [0.2, 0.25) is 0 Å². The molecule has 1 atom stereocenters. The fourth-order valence-electron chi connectivity index (χ4n) is 1.99. The Kier molecular flexibility index (Phi) is 4.23. The standard InChI is InChI=1S/C13H17N3S/c1-2-15-8-9-16(13(15)11-17)14-10-12-6-4-3-5-7-12/h3-7,10-11,13H,2,8-9H2,1H3. The highest BCUT2D eigenvalue weighted by Gasteiger charge is 2.27. The van der Waals surface area contributed by atoms with Gasteiger partial charge in [-0.3, -0.25) is 9.91 Å². The van der Waals surface area contributed by atoms with Crippen LogP contribution in [0.3, 0.4) is 0 Å². The summed E-state index contributed by atoms with van der Waals surface area (Å²) < 4.78 is 0. The number of rotatable bonds is 4. The van der Waals surface area contributed by atoms with E-state index in [0.29, 0.717) is 0 Å². The van der Waals surface area contributed by atoms with Crippen molar-refractivity contribution >= 4 is 23.8 Å². The van der Waals surface area contributed by atoms with Gasteiger partial charge in [0.1, 0.15) is 6.17 Å². The Labute approximate surface area is 108 Å². The van der Waals surface area contributed by atoms with Crippen molar-refractivity contribution in [1.82, 2.24) is 9.91 Å². The van der Waals surface area contributed by atoms with E-state index in [-0.39, 0.29) is 6.17 Å². The predicted molar refractivity (Wildman–Crippen MR) is 75.4 cm³/mol. The van der Waals surface area contributed by atoms with E-state index in [4.69, 9.17) is 12.2 Å². The average Bonchev–Trinajstić information content (AvgIpc) is 2.79. The molecular weight excluding hydrogens is 230 g/mol. The lowest BCUT2D eigenvalue weighted by molar-refractivity contribution is 0.214. The average molecular weight is 247 g/mol. The fourth-order valence-corrected chi connectivity index (χ4v) is 2.30. The van der Waals surface area contributed by atoms with Crippen LogP contribution in [-0.4, -0.2) is 47.3 Å². The van der Waals surface area contributed by atoms with Crippen molar-refractivity contribution in [1.29, 1.82) is 0 Å². The Bertz CT molecular complexity index is 391. The van der Waals surface area contributed by atoms with E-state index >= 15 is 0 Å². The summed E-state index contributed by atoms with van der Waals surface area (Å²) in [4.78, 5) is 2.31. The zero-order valence-electron chi connectivity index (χ0n) is 9.99. The maximum Gasteiger partial charge on any atom is 0.128 e. The first-order chi connectivity index (χ1) is 8.35. The molecule has 1 aliphatic rings. The van der Waals surface area contributed by atoms with E-state index in [2.05, 4.69) is 16.9 Å². The first-order valence-electron chi connectivity index (χ1n) is 5.90.